The second kappa shape index (κ2) is 10.6. The maximum absolute atomic E-state index is 9.37. The number of hydrogen-bond acceptors (Lipinski definition) is 3. The molecule has 0 aliphatic heterocycles. The van der Waals surface area contributed by atoms with E-state index in [-0.39, 0.29) is 5.75 Å². The second-order valence-corrected chi connectivity index (χ2v) is 3.87. The highest BCUT2D eigenvalue weighted by Gasteiger charge is 1.88. The molecule has 1 unspecified atom stereocenters. The molecule has 0 aliphatic carbocycles. The highest BCUT2D eigenvalue weighted by atomic mass is 32.2. The van der Waals surface area contributed by atoms with Crippen LogP contribution in [0.15, 0.2) is 0 Å². The summed E-state index contributed by atoms with van der Waals surface area (Å²) in [7, 11) is 0. The van der Waals surface area contributed by atoms with Crippen molar-refractivity contribution in [2.24, 2.45) is 5.92 Å². The van der Waals surface area contributed by atoms with Crippen LogP contribution >= 0.6 is 0 Å². The van der Waals surface area contributed by atoms with Gasteiger partial charge in [0.05, 0.1) is 6.07 Å². The number of nitriles is 1. The van der Waals surface area contributed by atoms with E-state index in [0.29, 0.717) is 12.3 Å². The van der Waals surface area contributed by atoms with E-state index in [2.05, 4.69) is 19.9 Å². The Labute approximate surface area is 77.1 Å². The SMILES string of the molecule is CC(C)CCC#N.CCS(=O)[O-]. The summed E-state index contributed by atoms with van der Waals surface area (Å²) in [6.45, 7) is 5.83. The fraction of sp³-hybridized carbons (Fsp3) is 0.875. The second-order valence-electron chi connectivity index (χ2n) is 2.68. The smallest absolute Gasteiger partial charge is 0.0621 e. The van der Waals surface area contributed by atoms with Crippen LogP contribution in [-0.4, -0.2) is 14.5 Å². The van der Waals surface area contributed by atoms with Crippen LogP contribution in [0.3, 0.4) is 0 Å². The third kappa shape index (κ3) is 22.6. The maximum atomic E-state index is 9.37. The summed E-state index contributed by atoms with van der Waals surface area (Å²) < 4.78 is 18.7. The Morgan fingerprint density at radius 2 is 2.00 bits per heavy atom. The minimum Gasteiger partial charge on any atom is -0.772 e. The highest BCUT2D eigenvalue weighted by Crippen LogP contribution is 2.00. The van der Waals surface area contributed by atoms with Crippen LogP contribution in [0.4, 0.5) is 0 Å². The molecule has 12 heavy (non-hydrogen) atoms. The molecule has 0 N–H and O–H groups in total. The first kappa shape index (κ1) is 14.1. The zero-order chi connectivity index (χ0) is 9.98. The molecule has 0 aromatic heterocycles. The van der Waals surface area contributed by atoms with Crippen LogP contribution < -0.4 is 0 Å². The van der Waals surface area contributed by atoms with Gasteiger partial charge in [-0.25, -0.2) is 0 Å². The van der Waals surface area contributed by atoms with Gasteiger partial charge in [0.15, 0.2) is 0 Å². The van der Waals surface area contributed by atoms with E-state index in [0.717, 1.165) is 6.42 Å². The molecule has 0 saturated heterocycles. The molecular formula is C8H16NO2S-. The van der Waals surface area contributed by atoms with Gasteiger partial charge < -0.3 is 4.55 Å². The first-order valence-corrected chi connectivity index (χ1v) is 5.21. The van der Waals surface area contributed by atoms with E-state index < -0.39 is 11.1 Å². The summed E-state index contributed by atoms with van der Waals surface area (Å²) in [5.41, 5.74) is 0. The first-order chi connectivity index (χ1) is 5.54. The molecule has 0 aliphatic rings. The predicted octanol–water partition coefficient (Wildman–Crippen LogP) is 1.83. The molecule has 4 heteroatoms. The van der Waals surface area contributed by atoms with E-state index in [1.807, 2.05) is 0 Å². The van der Waals surface area contributed by atoms with E-state index in [1.165, 1.54) is 0 Å². The molecular weight excluding hydrogens is 174 g/mol. The van der Waals surface area contributed by atoms with Crippen LogP contribution in [0.5, 0.6) is 0 Å². The molecule has 72 valence electrons. The third-order valence-electron chi connectivity index (χ3n) is 1.07. The third-order valence-corrected chi connectivity index (χ3v) is 1.54. The van der Waals surface area contributed by atoms with Crippen molar-refractivity contribution < 1.29 is 8.76 Å². The Balaban J connectivity index is 0. The van der Waals surface area contributed by atoms with Crippen LogP contribution in [-0.2, 0) is 11.1 Å². The van der Waals surface area contributed by atoms with E-state index in [1.54, 1.807) is 6.92 Å². The minimum absolute atomic E-state index is 0.222. The summed E-state index contributed by atoms with van der Waals surface area (Å²) >= 11 is -1.82. The topological polar surface area (TPSA) is 63.9 Å². The molecule has 0 spiro atoms. The Morgan fingerprint density at radius 3 is 2.08 bits per heavy atom. The average Bonchev–Trinajstić information content (AvgIpc) is 2.02. The van der Waals surface area contributed by atoms with Crippen LogP contribution in [0.1, 0.15) is 33.6 Å². The van der Waals surface area contributed by atoms with Gasteiger partial charge in [-0.05, 0) is 12.3 Å². The van der Waals surface area contributed by atoms with E-state index in [9.17, 15) is 8.76 Å². The first-order valence-electron chi connectivity index (χ1n) is 3.97. The van der Waals surface area contributed by atoms with Gasteiger partial charge in [0.25, 0.3) is 0 Å². The van der Waals surface area contributed by atoms with Gasteiger partial charge in [0.2, 0.25) is 0 Å². The van der Waals surface area contributed by atoms with Gasteiger partial charge in [0.1, 0.15) is 0 Å². The molecule has 0 radical (unpaired) electrons. The zero-order valence-electron chi connectivity index (χ0n) is 7.87. The Morgan fingerprint density at radius 1 is 1.58 bits per heavy atom. The molecule has 0 heterocycles. The van der Waals surface area contributed by atoms with Gasteiger partial charge in [-0.2, -0.15) is 5.26 Å². The Hall–Kier alpha value is -0.400. The quantitative estimate of drug-likeness (QED) is 0.638. The van der Waals surface area contributed by atoms with Crippen LogP contribution in [0.25, 0.3) is 0 Å². The van der Waals surface area contributed by atoms with Crippen molar-refractivity contribution in [3.63, 3.8) is 0 Å². The van der Waals surface area contributed by atoms with Gasteiger partial charge in [0, 0.05) is 12.2 Å². The fourth-order valence-electron chi connectivity index (χ4n) is 0.353. The molecule has 0 bridgehead atoms. The van der Waals surface area contributed by atoms with Crippen molar-refractivity contribution in [1.29, 1.82) is 5.26 Å². The largest absolute Gasteiger partial charge is 0.772 e. The van der Waals surface area contributed by atoms with Crippen molar-refractivity contribution >= 4 is 11.1 Å². The fourth-order valence-corrected chi connectivity index (χ4v) is 0.353. The summed E-state index contributed by atoms with van der Waals surface area (Å²) in [5, 5.41) is 8.07. The standard InChI is InChI=1S/C6H11N.C2H6O2S/c1-6(2)4-3-5-7;1-2-5(3)4/h6H,3-4H2,1-2H3;2H2,1H3,(H,3,4)/p-1. The summed E-state index contributed by atoms with van der Waals surface area (Å²) in [4.78, 5) is 0. The zero-order valence-corrected chi connectivity index (χ0v) is 8.69. The predicted molar refractivity (Wildman–Crippen MR) is 49.1 cm³/mol. The maximum Gasteiger partial charge on any atom is 0.0621 e. The van der Waals surface area contributed by atoms with E-state index in [4.69, 9.17) is 5.26 Å². The Bertz CT molecular complexity index is 152. The van der Waals surface area contributed by atoms with Crippen molar-refractivity contribution in [2.75, 3.05) is 5.75 Å². The van der Waals surface area contributed by atoms with Gasteiger partial charge in [-0.15, -0.1) is 0 Å². The molecule has 0 aromatic carbocycles. The minimum atomic E-state index is -1.82. The molecule has 0 amide bonds. The lowest BCUT2D eigenvalue weighted by molar-refractivity contribution is 0.538. The molecule has 0 fully saturated rings. The lowest BCUT2D eigenvalue weighted by atomic mass is 10.1. The number of rotatable bonds is 3. The van der Waals surface area contributed by atoms with Crippen LogP contribution in [0, 0.1) is 17.2 Å². The van der Waals surface area contributed by atoms with E-state index >= 15 is 0 Å². The van der Waals surface area contributed by atoms with Gasteiger partial charge >= 0.3 is 0 Å². The molecule has 0 rings (SSSR count). The van der Waals surface area contributed by atoms with Crippen molar-refractivity contribution in [2.45, 2.75) is 33.6 Å². The van der Waals surface area contributed by atoms with Gasteiger partial charge in [-0.3, -0.25) is 4.21 Å². The molecule has 3 nitrogen and oxygen atoms in total. The number of nitrogens with zero attached hydrogens (tertiary/aromatic N) is 1. The van der Waals surface area contributed by atoms with Crippen molar-refractivity contribution in [3.05, 3.63) is 0 Å². The van der Waals surface area contributed by atoms with Crippen molar-refractivity contribution in [1.82, 2.24) is 0 Å². The lowest BCUT2D eigenvalue weighted by Gasteiger charge is -1.94. The monoisotopic (exact) mass is 190 g/mol. The van der Waals surface area contributed by atoms with Crippen LogP contribution in [0.2, 0.25) is 0 Å². The summed E-state index contributed by atoms with van der Waals surface area (Å²) in [6, 6.07) is 2.10. The normalized spacial score (nSPS) is 11.3. The molecule has 0 aromatic rings. The highest BCUT2D eigenvalue weighted by molar-refractivity contribution is 7.79. The van der Waals surface area contributed by atoms with Crippen molar-refractivity contribution in [3.8, 4) is 6.07 Å². The summed E-state index contributed by atoms with van der Waals surface area (Å²) in [5.74, 6) is 0.902. The average molecular weight is 190 g/mol. The molecule has 0 saturated carbocycles. The van der Waals surface area contributed by atoms with Gasteiger partial charge in [-0.1, -0.05) is 31.9 Å². The lowest BCUT2D eigenvalue weighted by Crippen LogP contribution is -1.85. The molecule has 1 atom stereocenters. The Kier molecular flexibility index (Phi) is 12.5. The summed E-state index contributed by atoms with van der Waals surface area (Å²) in [6.07, 6.45) is 1.74. The number of hydrogen-bond donors (Lipinski definition) is 0.